The van der Waals surface area contributed by atoms with Gasteiger partial charge in [0, 0.05) is 32.2 Å². The second-order valence-electron chi connectivity index (χ2n) is 5.73. The smallest absolute Gasteiger partial charge is 0.0110 e. The Morgan fingerprint density at radius 1 is 1.21 bits per heavy atom. The van der Waals surface area contributed by atoms with Crippen LogP contribution < -0.4 is 5.32 Å². The van der Waals surface area contributed by atoms with Gasteiger partial charge in [-0.15, -0.1) is 0 Å². The molecule has 0 amide bonds. The van der Waals surface area contributed by atoms with Crippen LogP contribution >= 0.6 is 0 Å². The Balaban J connectivity index is 2.23. The highest BCUT2D eigenvalue weighted by atomic mass is 15.2. The number of piperazine rings is 1. The Morgan fingerprint density at radius 2 is 1.79 bits per heavy atom. The average molecular weight is 198 g/mol. The van der Waals surface area contributed by atoms with Gasteiger partial charge >= 0.3 is 0 Å². The van der Waals surface area contributed by atoms with E-state index in [1.807, 2.05) is 0 Å². The van der Waals surface area contributed by atoms with Crippen molar-refractivity contribution in [3.8, 4) is 0 Å². The van der Waals surface area contributed by atoms with E-state index in [0.717, 1.165) is 6.04 Å². The van der Waals surface area contributed by atoms with Crippen molar-refractivity contribution in [1.29, 1.82) is 0 Å². The van der Waals surface area contributed by atoms with Gasteiger partial charge in [-0.25, -0.2) is 0 Å². The Morgan fingerprint density at radius 3 is 2.29 bits per heavy atom. The number of hydrogen-bond donors (Lipinski definition) is 1. The van der Waals surface area contributed by atoms with Crippen molar-refractivity contribution in [3.05, 3.63) is 0 Å². The molecule has 0 bridgehead atoms. The summed E-state index contributed by atoms with van der Waals surface area (Å²) in [5.41, 5.74) is 0.488. The molecular formula is C12H26N2. The molecule has 84 valence electrons. The van der Waals surface area contributed by atoms with Gasteiger partial charge in [0.1, 0.15) is 0 Å². The lowest BCUT2D eigenvalue weighted by molar-refractivity contribution is 0.162. The SMILES string of the molecule is CC(CCC(C)(C)C)N1CCNCC1. The highest BCUT2D eigenvalue weighted by Crippen LogP contribution is 2.23. The van der Waals surface area contributed by atoms with E-state index in [9.17, 15) is 0 Å². The van der Waals surface area contributed by atoms with Crippen molar-refractivity contribution < 1.29 is 0 Å². The predicted octanol–water partition coefficient (Wildman–Crippen LogP) is 2.11. The lowest BCUT2D eigenvalue weighted by Gasteiger charge is -2.34. The highest BCUT2D eigenvalue weighted by molar-refractivity contribution is 4.75. The summed E-state index contributed by atoms with van der Waals surface area (Å²) >= 11 is 0. The number of hydrogen-bond acceptors (Lipinski definition) is 2. The van der Waals surface area contributed by atoms with Crippen molar-refractivity contribution in [1.82, 2.24) is 10.2 Å². The van der Waals surface area contributed by atoms with Gasteiger partial charge in [-0.05, 0) is 25.2 Å². The maximum Gasteiger partial charge on any atom is 0.0110 e. The Hall–Kier alpha value is -0.0800. The van der Waals surface area contributed by atoms with Gasteiger partial charge in [-0.1, -0.05) is 20.8 Å². The second kappa shape index (κ2) is 5.13. The molecule has 1 aliphatic heterocycles. The largest absolute Gasteiger partial charge is 0.314 e. The van der Waals surface area contributed by atoms with Crippen LogP contribution in [0.5, 0.6) is 0 Å². The predicted molar refractivity (Wildman–Crippen MR) is 62.6 cm³/mol. The Labute approximate surface area is 89.1 Å². The van der Waals surface area contributed by atoms with Gasteiger partial charge in [-0.3, -0.25) is 4.90 Å². The second-order valence-corrected chi connectivity index (χ2v) is 5.73. The number of nitrogens with one attached hydrogen (secondary N) is 1. The van der Waals surface area contributed by atoms with Gasteiger partial charge in [0.15, 0.2) is 0 Å². The van der Waals surface area contributed by atoms with Crippen molar-refractivity contribution >= 4 is 0 Å². The molecule has 2 heteroatoms. The zero-order valence-corrected chi connectivity index (χ0v) is 10.3. The molecule has 1 heterocycles. The molecule has 1 unspecified atom stereocenters. The van der Waals surface area contributed by atoms with Crippen LogP contribution in [0.2, 0.25) is 0 Å². The minimum Gasteiger partial charge on any atom is -0.314 e. The van der Waals surface area contributed by atoms with E-state index < -0.39 is 0 Å². The molecule has 0 aliphatic carbocycles. The molecule has 0 aromatic heterocycles. The third kappa shape index (κ3) is 4.43. The monoisotopic (exact) mass is 198 g/mol. The van der Waals surface area contributed by atoms with Crippen LogP contribution in [0.3, 0.4) is 0 Å². The normalized spacial score (nSPS) is 22.3. The fourth-order valence-electron chi connectivity index (χ4n) is 1.95. The first kappa shape index (κ1) is 12.0. The Kier molecular flexibility index (Phi) is 4.39. The quantitative estimate of drug-likeness (QED) is 0.747. The zero-order valence-electron chi connectivity index (χ0n) is 10.3. The van der Waals surface area contributed by atoms with Gasteiger partial charge in [-0.2, -0.15) is 0 Å². The first-order valence-corrected chi connectivity index (χ1v) is 5.94. The van der Waals surface area contributed by atoms with Crippen molar-refractivity contribution in [2.45, 2.75) is 46.6 Å². The standard InChI is InChI=1S/C12H26N2/c1-11(5-6-12(2,3)4)14-9-7-13-8-10-14/h11,13H,5-10H2,1-4H3. The van der Waals surface area contributed by atoms with Crippen LogP contribution in [0.4, 0.5) is 0 Å². The lowest BCUT2D eigenvalue weighted by Crippen LogP contribution is -2.47. The van der Waals surface area contributed by atoms with Crippen LogP contribution in [-0.2, 0) is 0 Å². The van der Waals surface area contributed by atoms with Crippen LogP contribution in [0, 0.1) is 5.41 Å². The summed E-state index contributed by atoms with van der Waals surface area (Å²) < 4.78 is 0. The molecule has 1 rings (SSSR count). The fourth-order valence-corrected chi connectivity index (χ4v) is 1.95. The Bertz CT molecular complexity index is 154. The van der Waals surface area contributed by atoms with E-state index in [0.29, 0.717) is 5.41 Å². The molecule has 0 radical (unpaired) electrons. The third-order valence-corrected chi connectivity index (χ3v) is 3.09. The van der Waals surface area contributed by atoms with Crippen molar-refractivity contribution in [2.24, 2.45) is 5.41 Å². The first-order chi connectivity index (χ1) is 6.49. The molecule has 1 fully saturated rings. The summed E-state index contributed by atoms with van der Waals surface area (Å²) in [7, 11) is 0. The third-order valence-electron chi connectivity index (χ3n) is 3.09. The molecule has 2 nitrogen and oxygen atoms in total. The topological polar surface area (TPSA) is 15.3 Å². The minimum atomic E-state index is 0.488. The van der Waals surface area contributed by atoms with Gasteiger partial charge in [0.25, 0.3) is 0 Å². The summed E-state index contributed by atoms with van der Waals surface area (Å²) in [5.74, 6) is 0. The van der Waals surface area contributed by atoms with Crippen LogP contribution in [0.25, 0.3) is 0 Å². The molecule has 1 N–H and O–H groups in total. The summed E-state index contributed by atoms with van der Waals surface area (Å²) in [5, 5.41) is 3.40. The first-order valence-electron chi connectivity index (χ1n) is 5.94. The highest BCUT2D eigenvalue weighted by Gasteiger charge is 2.18. The van der Waals surface area contributed by atoms with E-state index in [1.165, 1.54) is 39.0 Å². The van der Waals surface area contributed by atoms with Gasteiger partial charge in [0.2, 0.25) is 0 Å². The van der Waals surface area contributed by atoms with Crippen LogP contribution in [0.15, 0.2) is 0 Å². The number of rotatable bonds is 3. The van der Waals surface area contributed by atoms with E-state index in [-0.39, 0.29) is 0 Å². The molecule has 1 aliphatic rings. The number of nitrogens with zero attached hydrogens (tertiary/aromatic N) is 1. The van der Waals surface area contributed by atoms with E-state index in [4.69, 9.17) is 0 Å². The summed E-state index contributed by atoms with van der Waals surface area (Å²) in [6.07, 6.45) is 2.67. The van der Waals surface area contributed by atoms with E-state index >= 15 is 0 Å². The molecule has 0 aromatic rings. The maximum absolute atomic E-state index is 3.40. The summed E-state index contributed by atoms with van der Waals surface area (Å²) in [4.78, 5) is 2.61. The summed E-state index contributed by atoms with van der Waals surface area (Å²) in [6.45, 7) is 14.2. The molecule has 0 saturated carbocycles. The van der Waals surface area contributed by atoms with E-state index in [2.05, 4.69) is 37.9 Å². The fraction of sp³-hybridized carbons (Fsp3) is 1.00. The lowest BCUT2D eigenvalue weighted by atomic mass is 9.88. The molecule has 0 spiro atoms. The molecule has 14 heavy (non-hydrogen) atoms. The molecule has 1 saturated heterocycles. The van der Waals surface area contributed by atoms with Crippen molar-refractivity contribution in [3.63, 3.8) is 0 Å². The minimum absolute atomic E-state index is 0.488. The molecular weight excluding hydrogens is 172 g/mol. The zero-order chi connectivity index (χ0) is 10.6. The van der Waals surface area contributed by atoms with Crippen molar-refractivity contribution in [2.75, 3.05) is 26.2 Å². The van der Waals surface area contributed by atoms with E-state index in [1.54, 1.807) is 0 Å². The summed E-state index contributed by atoms with van der Waals surface area (Å²) in [6, 6.07) is 0.760. The maximum atomic E-state index is 3.40. The van der Waals surface area contributed by atoms with Gasteiger partial charge < -0.3 is 5.32 Å². The van der Waals surface area contributed by atoms with Crippen LogP contribution in [-0.4, -0.2) is 37.1 Å². The molecule has 0 aromatic carbocycles. The van der Waals surface area contributed by atoms with Crippen LogP contribution in [0.1, 0.15) is 40.5 Å². The molecule has 1 atom stereocenters. The van der Waals surface area contributed by atoms with Gasteiger partial charge in [0.05, 0.1) is 0 Å². The average Bonchev–Trinajstić information content (AvgIpc) is 2.14.